The van der Waals surface area contributed by atoms with Crippen LogP contribution in [0.3, 0.4) is 0 Å². The van der Waals surface area contributed by atoms with Gasteiger partial charge < -0.3 is 10.6 Å². The van der Waals surface area contributed by atoms with Crippen LogP contribution in [0.5, 0.6) is 0 Å². The van der Waals surface area contributed by atoms with E-state index in [0.717, 1.165) is 29.0 Å². The third-order valence-electron chi connectivity index (χ3n) is 3.72. The molecule has 120 valence electrons. The summed E-state index contributed by atoms with van der Waals surface area (Å²) in [5, 5.41) is 7.11. The maximum Gasteiger partial charge on any atom is 0.261 e. The van der Waals surface area contributed by atoms with E-state index in [2.05, 4.69) is 10.6 Å². The average Bonchev–Trinajstić information content (AvgIpc) is 3.31. The van der Waals surface area contributed by atoms with E-state index in [1.807, 2.05) is 31.2 Å². The fourth-order valence-electron chi connectivity index (χ4n) is 2.24. The summed E-state index contributed by atoms with van der Waals surface area (Å²) in [4.78, 5) is 24.7. The normalized spacial score (nSPS) is 13.7. The summed E-state index contributed by atoms with van der Waals surface area (Å²) < 4.78 is 0. The average molecular weight is 349 g/mol. The number of hydrogen-bond acceptors (Lipinski definition) is 3. The predicted molar refractivity (Wildman–Crippen MR) is 93.0 cm³/mol. The van der Waals surface area contributed by atoms with Gasteiger partial charge in [-0.05, 0) is 43.0 Å². The first-order valence-electron chi connectivity index (χ1n) is 7.47. The van der Waals surface area contributed by atoms with Crippen molar-refractivity contribution in [3.63, 3.8) is 0 Å². The molecule has 2 amide bonds. The number of anilines is 1. The van der Waals surface area contributed by atoms with Crippen LogP contribution in [-0.4, -0.2) is 11.8 Å². The Bertz CT molecular complexity index is 753. The van der Waals surface area contributed by atoms with Gasteiger partial charge in [0.15, 0.2) is 0 Å². The van der Waals surface area contributed by atoms with Crippen LogP contribution in [0.1, 0.15) is 33.6 Å². The van der Waals surface area contributed by atoms with Crippen molar-refractivity contribution in [3.05, 3.63) is 51.4 Å². The minimum absolute atomic E-state index is 0.0503. The zero-order valence-electron chi connectivity index (χ0n) is 12.7. The largest absolute Gasteiger partial charge is 0.347 e. The van der Waals surface area contributed by atoms with Gasteiger partial charge in [-0.15, -0.1) is 11.3 Å². The number of amides is 2. The molecule has 1 aromatic carbocycles. The molecule has 0 unspecified atom stereocenters. The van der Waals surface area contributed by atoms with E-state index in [9.17, 15) is 9.59 Å². The third kappa shape index (κ3) is 3.92. The van der Waals surface area contributed by atoms with E-state index in [-0.39, 0.29) is 17.7 Å². The fraction of sp³-hybridized carbons (Fsp3) is 0.294. The summed E-state index contributed by atoms with van der Waals surface area (Å²) in [5.41, 5.74) is 1.73. The summed E-state index contributed by atoms with van der Waals surface area (Å²) in [7, 11) is 0. The lowest BCUT2D eigenvalue weighted by atomic mass is 10.2. The SMILES string of the molecule is Cc1cc(NC(=O)C2CC2)sc1C(=O)NCc1ccccc1Cl. The zero-order valence-corrected chi connectivity index (χ0v) is 14.3. The van der Waals surface area contributed by atoms with E-state index in [0.29, 0.717) is 16.4 Å². The van der Waals surface area contributed by atoms with Crippen LogP contribution in [-0.2, 0) is 11.3 Å². The summed E-state index contributed by atoms with van der Waals surface area (Å²) >= 11 is 7.39. The Kier molecular flexibility index (Phi) is 4.68. The molecule has 2 N–H and O–H groups in total. The van der Waals surface area contributed by atoms with Gasteiger partial charge in [0.2, 0.25) is 5.91 Å². The van der Waals surface area contributed by atoms with Crippen LogP contribution in [0.15, 0.2) is 30.3 Å². The van der Waals surface area contributed by atoms with E-state index < -0.39 is 0 Å². The molecule has 1 aromatic heterocycles. The predicted octanol–water partition coefficient (Wildman–Crippen LogP) is 3.99. The van der Waals surface area contributed by atoms with Crippen LogP contribution in [0.2, 0.25) is 5.02 Å². The Hall–Kier alpha value is -1.85. The Labute approximate surface area is 143 Å². The number of benzene rings is 1. The molecular weight excluding hydrogens is 332 g/mol. The van der Waals surface area contributed by atoms with Crippen LogP contribution in [0, 0.1) is 12.8 Å². The molecule has 0 atom stereocenters. The molecule has 4 nitrogen and oxygen atoms in total. The van der Waals surface area contributed by atoms with Crippen molar-refractivity contribution in [2.24, 2.45) is 5.92 Å². The Morgan fingerprint density at radius 3 is 2.74 bits per heavy atom. The second kappa shape index (κ2) is 6.72. The lowest BCUT2D eigenvalue weighted by Gasteiger charge is -2.06. The lowest BCUT2D eigenvalue weighted by molar-refractivity contribution is -0.117. The number of thiophene rings is 1. The molecule has 2 aromatic rings. The first kappa shape index (κ1) is 16.0. The number of aryl methyl sites for hydroxylation is 1. The molecule has 1 saturated carbocycles. The Balaban J connectivity index is 1.64. The molecule has 1 heterocycles. The van der Waals surface area contributed by atoms with E-state index in [4.69, 9.17) is 11.6 Å². The van der Waals surface area contributed by atoms with Crippen LogP contribution in [0.4, 0.5) is 5.00 Å². The molecule has 0 radical (unpaired) electrons. The van der Waals surface area contributed by atoms with E-state index in [1.165, 1.54) is 11.3 Å². The first-order chi connectivity index (χ1) is 11.0. The van der Waals surface area contributed by atoms with E-state index in [1.54, 1.807) is 6.07 Å². The van der Waals surface area contributed by atoms with Gasteiger partial charge in [-0.25, -0.2) is 0 Å². The van der Waals surface area contributed by atoms with Gasteiger partial charge in [0.05, 0.1) is 9.88 Å². The lowest BCUT2D eigenvalue weighted by Crippen LogP contribution is -2.22. The fourth-order valence-corrected chi connectivity index (χ4v) is 3.43. The number of carbonyl (C=O) groups excluding carboxylic acids is 2. The Morgan fingerprint density at radius 2 is 2.04 bits per heavy atom. The molecule has 0 saturated heterocycles. The minimum Gasteiger partial charge on any atom is -0.347 e. The molecule has 0 aliphatic heterocycles. The molecular formula is C17H17ClN2O2S. The zero-order chi connectivity index (χ0) is 16.4. The Morgan fingerprint density at radius 1 is 1.30 bits per heavy atom. The van der Waals surface area contributed by atoms with Gasteiger partial charge in [-0.2, -0.15) is 0 Å². The maximum absolute atomic E-state index is 12.3. The van der Waals surface area contributed by atoms with Gasteiger partial charge >= 0.3 is 0 Å². The number of rotatable bonds is 5. The van der Waals surface area contributed by atoms with Gasteiger partial charge in [-0.3, -0.25) is 9.59 Å². The summed E-state index contributed by atoms with van der Waals surface area (Å²) in [6.45, 7) is 2.24. The molecule has 0 bridgehead atoms. The van der Waals surface area contributed by atoms with Crippen LogP contribution >= 0.6 is 22.9 Å². The van der Waals surface area contributed by atoms with Crippen molar-refractivity contribution >= 4 is 39.8 Å². The highest BCUT2D eigenvalue weighted by Gasteiger charge is 2.30. The summed E-state index contributed by atoms with van der Waals surface area (Å²) in [6, 6.07) is 9.26. The number of nitrogens with one attached hydrogen (secondary N) is 2. The van der Waals surface area contributed by atoms with E-state index >= 15 is 0 Å². The van der Waals surface area contributed by atoms with Crippen molar-refractivity contribution in [2.45, 2.75) is 26.3 Å². The van der Waals surface area contributed by atoms with Crippen molar-refractivity contribution in [1.29, 1.82) is 0 Å². The number of carbonyl (C=O) groups is 2. The highest BCUT2D eigenvalue weighted by Crippen LogP contribution is 2.32. The minimum atomic E-state index is -0.153. The van der Waals surface area contributed by atoms with Gasteiger partial charge in [0, 0.05) is 17.5 Å². The summed E-state index contributed by atoms with van der Waals surface area (Å²) in [5.74, 6) is 0.0449. The van der Waals surface area contributed by atoms with Crippen molar-refractivity contribution < 1.29 is 9.59 Å². The monoisotopic (exact) mass is 348 g/mol. The molecule has 1 aliphatic carbocycles. The number of halogens is 1. The number of hydrogen-bond donors (Lipinski definition) is 2. The van der Waals surface area contributed by atoms with Crippen molar-refractivity contribution in [1.82, 2.24) is 5.32 Å². The third-order valence-corrected chi connectivity index (χ3v) is 5.24. The first-order valence-corrected chi connectivity index (χ1v) is 8.67. The van der Waals surface area contributed by atoms with Crippen LogP contribution < -0.4 is 10.6 Å². The molecule has 23 heavy (non-hydrogen) atoms. The highest BCUT2D eigenvalue weighted by atomic mass is 35.5. The van der Waals surface area contributed by atoms with Crippen molar-refractivity contribution in [3.8, 4) is 0 Å². The molecule has 0 spiro atoms. The molecule has 1 fully saturated rings. The topological polar surface area (TPSA) is 58.2 Å². The smallest absolute Gasteiger partial charge is 0.261 e. The molecule has 3 rings (SSSR count). The van der Waals surface area contributed by atoms with Gasteiger partial charge in [0.1, 0.15) is 0 Å². The quantitative estimate of drug-likeness (QED) is 0.858. The highest BCUT2D eigenvalue weighted by molar-refractivity contribution is 7.18. The second-order valence-electron chi connectivity index (χ2n) is 5.66. The van der Waals surface area contributed by atoms with Gasteiger partial charge in [-0.1, -0.05) is 29.8 Å². The standard InChI is InChI=1S/C17H17ClN2O2S/c1-10-8-14(20-16(21)11-6-7-11)23-15(10)17(22)19-9-12-4-2-3-5-13(12)18/h2-5,8,11H,6-7,9H2,1H3,(H,19,22)(H,20,21). The molecule has 6 heteroatoms. The van der Waals surface area contributed by atoms with Gasteiger partial charge in [0.25, 0.3) is 5.91 Å². The summed E-state index contributed by atoms with van der Waals surface area (Å²) in [6.07, 6.45) is 1.92. The maximum atomic E-state index is 12.3. The van der Waals surface area contributed by atoms with Crippen molar-refractivity contribution in [2.75, 3.05) is 5.32 Å². The van der Waals surface area contributed by atoms with Crippen LogP contribution in [0.25, 0.3) is 0 Å². The second-order valence-corrected chi connectivity index (χ2v) is 7.12. The molecule has 1 aliphatic rings.